The number of nitrogens with two attached hydrogens (primary N) is 1. The Kier molecular flexibility index (Phi) is 6.44. The van der Waals surface area contributed by atoms with Gasteiger partial charge in [-0.25, -0.2) is 0 Å². The van der Waals surface area contributed by atoms with Crippen LogP contribution in [-0.2, 0) is 0 Å². The van der Waals surface area contributed by atoms with Gasteiger partial charge in [0.2, 0.25) is 0 Å². The van der Waals surface area contributed by atoms with Crippen molar-refractivity contribution in [3.05, 3.63) is 24.8 Å². The molecule has 0 saturated carbocycles. The lowest BCUT2D eigenvalue weighted by Crippen LogP contribution is -2.45. The molecule has 76 valence electrons. The van der Waals surface area contributed by atoms with Crippen molar-refractivity contribution in [3.63, 3.8) is 0 Å². The lowest BCUT2D eigenvalue weighted by Gasteiger charge is -2.20. The van der Waals surface area contributed by atoms with Gasteiger partial charge in [-0.1, -0.05) is 24.8 Å². The highest BCUT2D eigenvalue weighted by atomic mass is 16.3. The zero-order chi connectivity index (χ0) is 10.3. The van der Waals surface area contributed by atoms with E-state index in [1.54, 1.807) is 18.2 Å². The quantitative estimate of drug-likeness (QED) is 0.408. The van der Waals surface area contributed by atoms with Gasteiger partial charge in [0.25, 0.3) is 0 Å². The number of aliphatic hydroxyl groups is 3. The maximum Gasteiger partial charge on any atom is 0.0974 e. The van der Waals surface area contributed by atoms with E-state index in [1.165, 1.54) is 0 Å². The Morgan fingerprint density at radius 3 is 2.46 bits per heavy atom. The smallest absolute Gasteiger partial charge is 0.0974 e. The van der Waals surface area contributed by atoms with E-state index in [0.29, 0.717) is 6.42 Å². The molecule has 0 spiro atoms. The molecule has 3 atom stereocenters. The Balaban J connectivity index is 3.87. The van der Waals surface area contributed by atoms with Gasteiger partial charge in [0.15, 0.2) is 0 Å². The molecule has 0 bridgehead atoms. The Labute approximate surface area is 78.0 Å². The Bertz CT molecular complexity index is 170. The number of rotatable bonds is 6. The minimum absolute atomic E-state index is 0.293. The van der Waals surface area contributed by atoms with E-state index in [-0.39, 0.29) is 6.61 Å². The number of hydrogen-bond donors (Lipinski definition) is 4. The summed E-state index contributed by atoms with van der Waals surface area (Å²) < 4.78 is 0. The molecular weight excluding hydrogens is 170 g/mol. The van der Waals surface area contributed by atoms with E-state index in [1.807, 2.05) is 0 Å². The fourth-order valence-corrected chi connectivity index (χ4v) is 0.847. The molecule has 0 amide bonds. The second-order valence-corrected chi connectivity index (χ2v) is 2.80. The summed E-state index contributed by atoms with van der Waals surface area (Å²) in [6.07, 6.45) is 3.16. The third kappa shape index (κ3) is 4.80. The molecule has 13 heavy (non-hydrogen) atoms. The first kappa shape index (κ1) is 12.3. The molecule has 0 heterocycles. The largest absolute Gasteiger partial charge is 0.395 e. The van der Waals surface area contributed by atoms with Gasteiger partial charge in [0.05, 0.1) is 24.9 Å². The Hall–Kier alpha value is -0.680. The fourth-order valence-electron chi connectivity index (χ4n) is 0.847. The van der Waals surface area contributed by atoms with Crippen LogP contribution in [0, 0.1) is 0 Å². The monoisotopic (exact) mass is 187 g/mol. The molecule has 4 nitrogen and oxygen atoms in total. The maximum absolute atomic E-state index is 9.32. The molecule has 0 aliphatic heterocycles. The lowest BCUT2D eigenvalue weighted by molar-refractivity contribution is -0.00516. The van der Waals surface area contributed by atoms with Gasteiger partial charge in [-0.15, -0.1) is 0 Å². The summed E-state index contributed by atoms with van der Waals surface area (Å²) in [5, 5.41) is 27.2. The van der Waals surface area contributed by atoms with Gasteiger partial charge in [-0.3, -0.25) is 0 Å². The summed E-state index contributed by atoms with van der Waals surface area (Å²) in [6, 6.07) is -0.799. The summed E-state index contributed by atoms with van der Waals surface area (Å²) in [5.74, 6) is 0. The lowest BCUT2D eigenvalue weighted by atomic mass is 10.0. The molecule has 0 aromatic heterocycles. The van der Waals surface area contributed by atoms with E-state index in [2.05, 4.69) is 6.58 Å². The zero-order valence-electron chi connectivity index (χ0n) is 7.50. The highest BCUT2D eigenvalue weighted by Crippen LogP contribution is 2.03. The summed E-state index contributed by atoms with van der Waals surface area (Å²) >= 11 is 0. The molecule has 0 fully saturated rings. The molecule has 0 rings (SSSR count). The molecule has 0 aromatic carbocycles. The molecule has 0 aliphatic carbocycles. The van der Waals surface area contributed by atoms with Crippen LogP contribution in [0.15, 0.2) is 24.8 Å². The third-order valence-electron chi connectivity index (χ3n) is 1.69. The van der Waals surface area contributed by atoms with Gasteiger partial charge < -0.3 is 21.1 Å². The molecular formula is C9H17NO3. The second kappa shape index (κ2) is 6.80. The minimum Gasteiger partial charge on any atom is -0.395 e. The number of aliphatic hydroxyl groups excluding tert-OH is 3. The van der Waals surface area contributed by atoms with Crippen molar-refractivity contribution in [2.24, 2.45) is 5.73 Å². The molecule has 0 aromatic rings. The van der Waals surface area contributed by atoms with Crippen molar-refractivity contribution in [1.29, 1.82) is 0 Å². The first-order valence-corrected chi connectivity index (χ1v) is 4.13. The van der Waals surface area contributed by atoms with E-state index in [4.69, 9.17) is 10.8 Å². The van der Waals surface area contributed by atoms with Crippen LogP contribution in [0.1, 0.15) is 6.42 Å². The Morgan fingerprint density at radius 2 is 2.00 bits per heavy atom. The van der Waals surface area contributed by atoms with E-state index in [9.17, 15) is 10.2 Å². The fraction of sp³-hybridized carbons (Fsp3) is 0.556. The van der Waals surface area contributed by atoms with Crippen molar-refractivity contribution in [1.82, 2.24) is 0 Å². The topological polar surface area (TPSA) is 86.7 Å². The van der Waals surface area contributed by atoms with Crippen molar-refractivity contribution < 1.29 is 15.3 Å². The molecule has 0 aliphatic rings. The standard InChI is InChI=1S/C9H17NO3/c1-2-3-4-5-8(12)9(13)7(10)6-11/h2-4,7-9,11-13H,1,5-6,10H2/b4-3+/t7-,8+,9-/m0/s1. The van der Waals surface area contributed by atoms with Crippen molar-refractivity contribution in [3.8, 4) is 0 Å². The van der Waals surface area contributed by atoms with Crippen LogP contribution in [0.25, 0.3) is 0 Å². The highest BCUT2D eigenvalue weighted by molar-refractivity contribution is 4.98. The molecule has 4 heteroatoms. The van der Waals surface area contributed by atoms with E-state index >= 15 is 0 Å². The Morgan fingerprint density at radius 1 is 1.38 bits per heavy atom. The van der Waals surface area contributed by atoms with Crippen LogP contribution in [-0.4, -0.2) is 40.2 Å². The first-order chi connectivity index (χ1) is 6.13. The van der Waals surface area contributed by atoms with Crippen LogP contribution in [0.2, 0.25) is 0 Å². The average molecular weight is 187 g/mol. The van der Waals surface area contributed by atoms with Crippen molar-refractivity contribution in [2.45, 2.75) is 24.7 Å². The molecule has 0 unspecified atom stereocenters. The summed E-state index contributed by atoms with van der Waals surface area (Å²) in [7, 11) is 0. The minimum atomic E-state index is -1.10. The zero-order valence-corrected chi connectivity index (χ0v) is 7.50. The van der Waals surface area contributed by atoms with Crippen LogP contribution < -0.4 is 5.73 Å². The predicted molar refractivity (Wildman–Crippen MR) is 51.0 cm³/mol. The number of hydrogen-bond acceptors (Lipinski definition) is 4. The molecule has 0 saturated heterocycles. The average Bonchev–Trinajstić information content (AvgIpc) is 2.15. The number of allylic oxidation sites excluding steroid dienone is 2. The van der Waals surface area contributed by atoms with Gasteiger partial charge in [-0.2, -0.15) is 0 Å². The van der Waals surface area contributed by atoms with Crippen LogP contribution in [0.4, 0.5) is 0 Å². The van der Waals surface area contributed by atoms with Crippen molar-refractivity contribution >= 4 is 0 Å². The highest BCUT2D eigenvalue weighted by Gasteiger charge is 2.21. The van der Waals surface area contributed by atoms with Gasteiger partial charge in [-0.05, 0) is 6.42 Å². The summed E-state index contributed by atoms with van der Waals surface area (Å²) in [4.78, 5) is 0. The van der Waals surface area contributed by atoms with Crippen LogP contribution in [0.5, 0.6) is 0 Å². The van der Waals surface area contributed by atoms with Crippen LogP contribution in [0.3, 0.4) is 0 Å². The molecule has 5 N–H and O–H groups in total. The normalized spacial score (nSPS) is 18.5. The third-order valence-corrected chi connectivity index (χ3v) is 1.69. The van der Waals surface area contributed by atoms with Crippen molar-refractivity contribution in [2.75, 3.05) is 6.61 Å². The van der Waals surface area contributed by atoms with E-state index < -0.39 is 18.2 Å². The molecule has 0 radical (unpaired) electrons. The predicted octanol–water partition coefficient (Wildman–Crippen LogP) is -0.840. The van der Waals surface area contributed by atoms with Gasteiger partial charge in [0.1, 0.15) is 0 Å². The van der Waals surface area contributed by atoms with Gasteiger partial charge in [0, 0.05) is 0 Å². The summed E-state index contributed by atoms with van der Waals surface area (Å²) in [6.45, 7) is 3.11. The maximum atomic E-state index is 9.32. The SMILES string of the molecule is C=C/C=C/C[C@@H](O)[C@@H](O)[C@@H](N)CO. The first-order valence-electron chi connectivity index (χ1n) is 4.13. The van der Waals surface area contributed by atoms with E-state index in [0.717, 1.165) is 0 Å². The second-order valence-electron chi connectivity index (χ2n) is 2.80. The summed E-state index contributed by atoms with van der Waals surface area (Å²) in [5.41, 5.74) is 5.32. The van der Waals surface area contributed by atoms with Gasteiger partial charge >= 0.3 is 0 Å². The van der Waals surface area contributed by atoms with Crippen LogP contribution >= 0.6 is 0 Å².